The first-order valence-electron chi connectivity index (χ1n) is 9.50. The Morgan fingerprint density at radius 3 is 2.34 bits per heavy atom. The molecule has 3 aromatic rings. The number of benzene rings is 2. The molecule has 1 aromatic heterocycles. The molecule has 6 heteroatoms. The van der Waals surface area contributed by atoms with Crippen LogP contribution in [0, 0.1) is 0 Å². The standard InChI is InChI=1S/C23H23NO5/c1-2-3-4-16-5-9-18(10-6-16)24-22(25)17-7-11-19(12-8-17)28-15-20-13-14-21(29-20)23(26)27/h5-14H,2-4,15H2,1H3,(H,24,25)(H,26,27). The van der Waals surface area contributed by atoms with Crippen LogP contribution in [0.1, 0.15) is 52.0 Å². The van der Waals surface area contributed by atoms with Gasteiger partial charge in [0.25, 0.3) is 5.91 Å². The maximum Gasteiger partial charge on any atom is 0.371 e. The summed E-state index contributed by atoms with van der Waals surface area (Å²) in [5.74, 6) is -0.493. The van der Waals surface area contributed by atoms with Crippen LogP contribution < -0.4 is 10.1 Å². The zero-order valence-electron chi connectivity index (χ0n) is 16.2. The van der Waals surface area contributed by atoms with Crippen LogP contribution in [0.15, 0.2) is 65.1 Å². The topological polar surface area (TPSA) is 88.8 Å². The number of carboxylic acids is 1. The Morgan fingerprint density at radius 2 is 1.72 bits per heavy atom. The van der Waals surface area contributed by atoms with E-state index in [1.54, 1.807) is 30.3 Å². The average Bonchev–Trinajstić information content (AvgIpc) is 3.21. The van der Waals surface area contributed by atoms with Gasteiger partial charge in [-0.05, 0) is 66.9 Å². The summed E-state index contributed by atoms with van der Waals surface area (Å²) >= 11 is 0. The summed E-state index contributed by atoms with van der Waals surface area (Å²) < 4.78 is 10.7. The van der Waals surface area contributed by atoms with Gasteiger partial charge in [0.2, 0.25) is 5.76 Å². The number of amides is 1. The van der Waals surface area contributed by atoms with Crippen LogP contribution in [-0.2, 0) is 13.0 Å². The highest BCUT2D eigenvalue weighted by Gasteiger charge is 2.10. The van der Waals surface area contributed by atoms with Crippen molar-refractivity contribution in [1.82, 2.24) is 0 Å². The number of carbonyl (C=O) groups excluding carboxylic acids is 1. The van der Waals surface area contributed by atoms with Crippen molar-refractivity contribution in [2.75, 3.05) is 5.32 Å². The number of aromatic carboxylic acids is 1. The molecule has 0 saturated heterocycles. The number of unbranched alkanes of at least 4 members (excludes halogenated alkanes) is 1. The summed E-state index contributed by atoms with van der Waals surface area (Å²) in [4.78, 5) is 23.2. The van der Waals surface area contributed by atoms with Gasteiger partial charge in [0.1, 0.15) is 18.1 Å². The second-order valence-corrected chi connectivity index (χ2v) is 6.64. The number of hydrogen-bond donors (Lipinski definition) is 2. The summed E-state index contributed by atoms with van der Waals surface area (Å²) in [6.45, 7) is 2.26. The number of nitrogens with one attached hydrogen (secondary N) is 1. The van der Waals surface area contributed by atoms with Crippen molar-refractivity contribution in [3.05, 3.63) is 83.3 Å². The minimum atomic E-state index is -1.12. The predicted octanol–water partition coefficient (Wildman–Crippen LogP) is 5.15. The molecule has 1 amide bonds. The Labute approximate surface area is 169 Å². The predicted molar refractivity (Wildman–Crippen MR) is 109 cm³/mol. The molecule has 2 aromatic carbocycles. The van der Waals surface area contributed by atoms with E-state index in [0.29, 0.717) is 17.1 Å². The summed E-state index contributed by atoms with van der Waals surface area (Å²) in [7, 11) is 0. The van der Waals surface area contributed by atoms with E-state index >= 15 is 0 Å². The number of aryl methyl sites for hydroxylation is 1. The number of anilines is 1. The molecule has 0 aliphatic heterocycles. The van der Waals surface area contributed by atoms with Gasteiger partial charge in [0, 0.05) is 11.3 Å². The number of furan rings is 1. The van der Waals surface area contributed by atoms with E-state index in [1.807, 2.05) is 24.3 Å². The molecule has 0 bridgehead atoms. The minimum Gasteiger partial charge on any atom is -0.486 e. The molecule has 0 spiro atoms. The van der Waals surface area contributed by atoms with Crippen molar-refractivity contribution in [2.24, 2.45) is 0 Å². The van der Waals surface area contributed by atoms with Gasteiger partial charge in [-0.15, -0.1) is 0 Å². The second kappa shape index (κ2) is 9.59. The van der Waals surface area contributed by atoms with E-state index in [9.17, 15) is 9.59 Å². The lowest BCUT2D eigenvalue weighted by Gasteiger charge is -2.08. The largest absolute Gasteiger partial charge is 0.486 e. The Morgan fingerprint density at radius 1 is 1.00 bits per heavy atom. The lowest BCUT2D eigenvalue weighted by Crippen LogP contribution is -2.11. The van der Waals surface area contributed by atoms with Gasteiger partial charge >= 0.3 is 5.97 Å². The maximum atomic E-state index is 12.4. The van der Waals surface area contributed by atoms with E-state index in [-0.39, 0.29) is 18.3 Å². The van der Waals surface area contributed by atoms with E-state index in [4.69, 9.17) is 14.3 Å². The molecule has 2 N–H and O–H groups in total. The fourth-order valence-electron chi connectivity index (χ4n) is 2.77. The quantitative estimate of drug-likeness (QED) is 0.525. The fraction of sp³-hybridized carbons (Fsp3) is 0.217. The SMILES string of the molecule is CCCCc1ccc(NC(=O)c2ccc(OCc3ccc(C(=O)O)o3)cc2)cc1. The lowest BCUT2D eigenvalue weighted by atomic mass is 10.1. The van der Waals surface area contributed by atoms with Gasteiger partial charge < -0.3 is 19.6 Å². The van der Waals surface area contributed by atoms with Crippen LogP contribution in [-0.4, -0.2) is 17.0 Å². The van der Waals surface area contributed by atoms with Crippen molar-refractivity contribution in [3.8, 4) is 5.75 Å². The van der Waals surface area contributed by atoms with Crippen LogP contribution in [0.3, 0.4) is 0 Å². The molecular weight excluding hydrogens is 370 g/mol. The van der Waals surface area contributed by atoms with E-state index < -0.39 is 5.97 Å². The minimum absolute atomic E-state index is 0.100. The first-order valence-corrected chi connectivity index (χ1v) is 9.50. The third-order valence-corrected chi connectivity index (χ3v) is 4.40. The van der Waals surface area contributed by atoms with Crippen LogP contribution in [0.25, 0.3) is 0 Å². The van der Waals surface area contributed by atoms with E-state index in [0.717, 1.165) is 24.9 Å². The molecule has 0 radical (unpaired) electrons. The van der Waals surface area contributed by atoms with Crippen LogP contribution in [0.2, 0.25) is 0 Å². The highest BCUT2D eigenvalue weighted by Crippen LogP contribution is 2.17. The summed E-state index contributed by atoms with van der Waals surface area (Å²) in [5.41, 5.74) is 2.53. The van der Waals surface area contributed by atoms with Gasteiger partial charge in [-0.25, -0.2) is 4.79 Å². The molecule has 0 aliphatic rings. The number of ether oxygens (including phenoxy) is 1. The van der Waals surface area contributed by atoms with Gasteiger partial charge in [0.15, 0.2) is 0 Å². The fourth-order valence-corrected chi connectivity index (χ4v) is 2.77. The smallest absolute Gasteiger partial charge is 0.371 e. The molecular formula is C23H23NO5. The number of carboxylic acid groups (broad SMARTS) is 1. The number of hydrogen-bond acceptors (Lipinski definition) is 4. The van der Waals surface area contributed by atoms with E-state index in [1.165, 1.54) is 11.6 Å². The van der Waals surface area contributed by atoms with Gasteiger partial charge in [0.05, 0.1) is 0 Å². The third-order valence-electron chi connectivity index (χ3n) is 4.40. The molecule has 6 nitrogen and oxygen atoms in total. The average molecular weight is 393 g/mol. The monoisotopic (exact) mass is 393 g/mol. The normalized spacial score (nSPS) is 10.5. The maximum absolute atomic E-state index is 12.4. The molecule has 0 fully saturated rings. The molecule has 150 valence electrons. The molecule has 1 heterocycles. The zero-order valence-corrected chi connectivity index (χ0v) is 16.2. The first-order chi connectivity index (χ1) is 14.0. The molecule has 0 atom stereocenters. The van der Waals surface area contributed by atoms with Gasteiger partial charge in [-0.1, -0.05) is 25.5 Å². The Bertz CT molecular complexity index is 958. The third kappa shape index (κ3) is 5.72. The van der Waals surface area contributed by atoms with E-state index in [2.05, 4.69) is 12.2 Å². The van der Waals surface area contributed by atoms with Crippen LogP contribution in [0.5, 0.6) is 5.75 Å². The Kier molecular flexibility index (Phi) is 6.68. The van der Waals surface area contributed by atoms with Crippen molar-refractivity contribution in [1.29, 1.82) is 0 Å². The van der Waals surface area contributed by atoms with Crippen molar-refractivity contribution < 1.29 is 23.8 Å². The van der Waals surface area contributed by atoms with Crippen molar-refractivity contribution in [2.45, 2.75) is 32.8 Å². The molecule has 0 saturated carbocycles. The molecule has 0 unspecified atom stereocenters. The first kappa shape index (κ1) is 20.2. The Balaban J connectivity index is 1.53. The number of rotatable bonds is 9. The number of carbonyl (C=O) groups is 2. The summed E-state index contributed by atoms with van der Waals surface area (Å²) in [5, 5.41) is 11.7. The Hall–Kier alpha value is -3.54. The van der Waals surface area contributed by atoms with Crippen molar-refractivity contribution >= 4 is 17.6 Å². The highest BCUT2D eigenvalue weighted by molar-refractivity contribution is 6.04. The zero-order chi connectivity index (χ0) is 20.6. The van der Waals surface area contributed by atoms with Crippen LogP contribution >= 0.6 is 0 Å². The lowest BCUT2D eigenvalue weighted by molar-refractivity contribution is 0.0658. The molecule has 0 aliphatic carbocycles. The summed E-state index contributed by atoms with van der Waals surface area (Å²) in [6.07, 6.45) is 3.35. The molecule has 3 rings (SSSR count). The highest BCUT2D eigenvalue weighted by atomic mass is 16.5. The molecule has 29 heavy (non-hydrogen) atoms. The second-order valence-electron chi connectivity index (χ2n) is 6.64. The van der Waals surface area contributed by atoms with Gasteiger partial charge in [-0.3, -0.25) is 4.79 Å². The van der Waals surface area contributed by atoms with Crippen LogP contribution in [0.4, 0.5) is 5.69 Å². The van der Waals surface area contributed by atoms with Gasteiger partial charge in [-0.2, -0.15) is 0 Å². The summed E-state index contributed by atoms with van der Waals surface area (Å²) in [6, 6.07) is 17.5. The van der Waals surface area contributed by atoms with Crippen molar-refractivity contribution in [3.63, 3.8) is 0 Å².